The lowest BCUT2D eigenvalue weighted by Crippen LogP contribution is -2.54. The van der Waals surface area contributed by atoms with Crippen molar-refractivity contribution in [3.05, 3.63) is 65.7 Å². The van der Waals surface area contributed by atoms with Crippen LogP contribution in [0.4, 0.5) is 0 Å². The predicted molar refractivity (Wildman–Crippen MR) is 147 cm³/mol. The molecule has 216 valence electrons. The Morgan fingerprint density at radius 2 is 1.35 bits per heavy atom. The summed E-state index contributed by atoms with van der Waals surface area (Å²) in [6.07, 6.45) is 0.518. The van der Waals surface area contributed by atoms with Gasteiger partial charge in [0.1, 0.15) is 17.8 Å². The van der Waals surface area contributed by atoms with Gasteiger partial charge in [0.2, 0.25) is 23.6 Å². The number of nitrogens with one attached hydrogen (secondary N) is 4. The van der Waals surface area contributed by atoms with Crippen LogP contribution in [0.2, 0.25) is 0 Å². The Bertz CT molecular complexity index is 1160. The number of phenols is 1. The molecule has 3 atom stereocenters. The van der Waals surface area contributed by atoms with Crippen molar-refractivity contribution in [3.63, 3.8) is 0 Å². The van der Waals surface area contributed by atoms with Crippen LogP contribution in [0.3, 0.4) is 0 Å². The molecule has 0 aliphatic heterocycles. The molecule has 0 bridgehead atoms. The molecule has 2 aromatic carbocycles. The highest BCUT2D eigenvalue weighted by Crippen LogP contribution is 2.11. The van der Waals surface area contributed by atoms with Crippen molar-refractivity contribution in [3.8, 4) is 5.75 Å². The van der Waals surface area contributed by atoms with Crippen LogP contribution in [0.5, 0.6) is 5.75 Å². The van der Waals surface area contributed by atoms with Crippen LogP contribution in [-0.4, -0.2) is 71.0 Å². The first-order valence-electron chi connectivity index (χ1n) is 12.9. The van der Waals surface area contributed by atoms with E-state index in [1.807, 2.05) is 13.8 Å². The monoisotopic (exact) mass is 555 g/mol. The summed E-state index contributed by atoms with van der Waals surface area (Å²) in [5.41, 5.74) is 7.35. The quantitative estimate of drug-likeness (QED) is 0.157. The van der Waals surface area contributed by atoms with E-state index in [0.717, 1.165) is 11.1 Å². The number of carbonyl (C=O) groups is 5. The lowest BCUT2D eigenvalue weighted by Gasteiger charge is -2.22. The molecule has 0 spiro atoms. The molecule has 0 aromatic heterocycles. The average molecular weight is 556 g/mol. The minimum atomic E-state index is -1.18. The fourth-order valence-corrected chi connectivity index (χ4v) is 3.79. The highest BCUT2D eigenvalue weighted by Gasteiger charge is 2.27. The third kappa shape index (κ3) is 11.5. The lowest BCUT2D eigenvalue weighted by molar-refractivity contribution is -0.142. The van der Waals surface area contributed by atoms with Gasteiger partial charge in [0.25, 0.3) is 0 Å². The fourth-order valence-electron chi connectivity index (χ4n) is 3.79. The maximum absolute atomic E-state index is 13.0. The maximum Gasteiger partial charge on any atom is 0.326 e. The number of aliphatic carboxylic acids is 1. The number of carbonyl (C=O) groups excluding carboxylic acids is 4. The van der Waals surface area contributed by atoms with Crippen molar-refractivity contribution >= 4 is 29.6 Å². The largest absolute Gasteiger partial charge is 0.508 e. The number of aromatic hydroxyl groups is 1. The number of hydrogen-bond acceptors (Lipinski definition) is 7. The van der Waals surface area contributed by atoms with E-state index in [-0.39, 0.29) is 30.9 Å². The predicted octanol–water partition coefficient (Wildman–Crippen LogP) is -0.163. The smallest absolute Gasteiger partial charge is 0.326 e. The Labute approximate surface area is 232 Å². The van der Waals surface area contributed by atoms with Crippen molar-refractivity contribution in [1.29, 1.82) is 0 Å². The summed E-state index contributed by atoms with van der Waals surface area (Å²) in [5.74, 6) is -3.62. The Kier molecular flexibility index (Phi) is 12.6. The van der Waals surface area contributed by atoms with Gasteiger partial charge in [0.05, 0.1) is 19.1 Å². The fraction of sp³-hybridized carbons (Fsp3) is 0.393. The lowest BCUT2D eigenvalue weighted by atomic mass is 10.0. The van der Waals surface area contributed by atoms with Gasteiger partial charge in [-0.2, -0.15) is 0 Å². The number of rotatable bonds is 15. The number of benzene rings is 2. The molecule has 12 heteroatoms. The molecule has 0 aliphatic rings. The number of phenolic OH excluding ortho intramolecular Hbond substituents is 1. The Morgan fingerprint density at radius 1 is 0.750 bits per heavy atom. The maximum atomic E-state index is 13.0. The van der Waals surface area contributed by atoms with E-state index in [2.05, 4.69) is 21.3 Å². The molecule has 0 unspecified atom stereocenters. The first-order valence-corrected chi connectivity index (χ1v) is 12.9. The molecule has 2 rings (SSSR count). The summed E-state index contributed by atoms with van der Waals surface area (Å²) in [7, 11) is 0. The molecule has 12 nitrogen and oxygen atoms in total. The number of nitrogens with two attached hydrogens (primary N) is 1. The highest BCUT2D eigenvalue weighted by molar-refractivity contribution is 5.93. The highest BCUT2D eigenvalue weighted by atomic mass is 16.4. The molecule has 0 aliphatic carbocycles. The second-order valence-corrected chi connectivity index (χ2v) is 9.81. The summed E-state index contributed by atoms with van der Waals surface area (Å²) in [6, 6.07) is 12.0. The van der Waals surface area contributed by atoms with Crippen molar-refractivity contribution in [2.45, 2.75) is 51.2 Å². The van der Waals surface area contributed by atoms with Crippen LogP contribution in [-0.2, 0) is 36.8 Å². The molecule has 0 radical (unpaired) electrons. The molecule has 2 aromatic rings. The third-order valence-electron chi connectivity index (χ3n) is 5.85. The van der Waals surface area contributed by atoms with E-state index in [1.165, 1.54) is 12.1 Å². The van der Waals surface area contributed by atoms with Gasteiger partial charge in [-0.1, -0.05) is 56.3 Å². The Balaban J connectivity index is 1.88. The van der Waals surface area contributed by atoms with Crippen LogP contribution in [0.25, 0.3) is 0 Å². The molecule has 40 heavy (non-hydrogen) atoms. The molecular weight excluding hydrogens is 518 g/mol. The molecule has 8 N–H and O–H groups in total. The van der Waals surface area contributed by atoms with Crippen molar-refractivity contribution < 1.29 is 34.2 Å². The minimum absolute atomic E-state index is 0.0154. The van der Waals surface area contributed by atoms with Gasteiger partial charge < -0.3 is 37.2 Å². The van der Waals surface area contributed by atoms with Gasteiger partial charge in [-0.3, -0.25) is 19.2 Å². The van der Waals surface area contributed by atoms with Crippen molar-refractivity contribution in [1.82, 2.24) is 21.3 Å². The molecule has 0 saturated heterocycles. The second kappa shape index (κ2) is 15.8. The summed E-state index contributed by atoms with van der Waals surface area (Å²) in [4.78, 5) is 61.6. The van der Waals surface area contributed by atoms with Gasteiger partial charge in [-0.15, -0.1) is 0 Å². The zero-order chi connectivity index (χ0) is 29.7. The summed E-state index contributed by atoms with van der Waals surface area (Å²) >= 11 is 0. The number of carboxylic acid groups (broad SMARTS) is 1. The average Bonchev–Trinajstić information content (AvgIpc) is 2.91. The van der Waals surface area contributed by atoms with Crippen molar-refractivity contribution in [2.75, 3.05) is 13.1 Å². The van der Waals surface area contributed by atoms with E-state index in [1.54, 1.807) is 42.5 Å². The Morgan fingerprint density at radius 3 is 1.95 bits per heavy atom. The molecule has 4 amide bonds. The summed E-state index contributed by atoms with van der Waals surface area (Å²) < 4.78 is 0. The van der Waals surface area contributed by atoms with Gasteiger partial charge in [0.15, 0.2) is 0 Å². The number of amides is 4. The van der Waals surface area contributed by atoms with E-state index < -0.39 is 60.8 Å². The van der Waals surface area contributed by atoms with Crippen LogP contribution in [0.15, 0.2) is 54.6 Å². The molecule has 0 heterocycles. The van der Waals surface area contributed by atoms with Crippen LogP contribution >= 0.6 is 0 Å². The van der Waals surface area contributed by atoms with Crippen molar-refractivity contribution in [2.24, 2.45) is 11.7 Å². The van der Waals surface area contributed by atoms with Gasteiger partial charge in [-0.25, -0.2) is 4.79 Å². The second-order valence-electron chi connectivity index (χ2n) is 9.81. The SMILES string of the molecule is CC(C)C[C@H](NC(=O)[C@@H](Cc1ccccc1)NC(=O)CNC(=O)CNC(=O)[C@@H](N)Cc1ccc(O)cc1)C(=O)O. The van der Waals surface area contributed by atoms with Gasteiger partial charge in [-0.05, 0) is 42.0 Å². The van der Waals surface area contributed by atoms with E-state index in [0.29, 0.717) is 0 Å². The van der Waals surface area contributed by atoms with Crippen LogP contribution in [0, 0.1) is 5.92 Å². The zero-order valence-electron chi connectivity index (χ0n) is 22.6. The minimum Gasteiger partial charge on any atom is -0.508 e. The molecular formula is C28H37N5O7. The Hall–Kier alpha value is -4.45. The van der Waals surface area contributed by atoms with E-state index in [4.69, 9.17) is 5.73 Å². The number of carboxylic acids is 1. The van der Waals surface area contributed by atoms with Gasteiger partial charge in [0, 0.05) is 6.42 Å². The first kappa shape index (κ1) is 31.8. The van der Waals surface area contributed by atoms with Gasteiger partial charge >= 0.3 is 5.97 Å². The van der Waals surface area contributed by atoms with E-state index >= 15 is 0 Å². The normalized spacial score (nSPS) is 13.0. The third-order valence-corrected chi connectivity index (χ3v) is 5.85. The standard InChI is InChI=1S/C28H37N5O7/c1-17(2)12-23(28(39)40)33-27(38)22(14-18-6-4-3-5-7-18)32-25(36)16-30-24(35)15-31-26(37)21(29)13-19-8-10-20(34)11-9-19/h3-11,17,21-23,34H,12-16,29H2,1-2H3,(H,30,35)(H,31,37)(H,32,36)(H,33,38)(H,39,40)/t21-,22+,23-/m0/s1. The molecule has 0 saturated carbocycles. The van der Waals surface area contributed by atoms with Crippen LogP contribution in [0.1, 0.15) is 31.4 Å². The summed E-state index contributed by atoms with van der Waals surface area (Å²) in [6.45, 7) is 2.78. The zero-order valence-corrected chi connectivity index (χ0v) is 22.6. The first-order chi connectivity index (χ1) is 18.9. The topological polar surface area (TPSA) is 200 Å². The van der Waals surface area contributed by atoms with Crippen LogP contribution < -0.4 is 27.0 Å². The number of hydrogen-bond donors (Lipinski definition) is 7. The summed E-state index contributed by atoms with van der Waals surface area (Å²) in [5, 5.41) is 28.6. The molecule has 0 fully saturated rings. The van der Waals surface area contributed by atoms with E-state index in [9.17, 15) is 34.2 Å².